The van der Waals surface area contributed by atoms with Crippen LogP contribution in [0.4, 0.5) is 0 Å². The van der Waals surface area contributed by atoms with Crippen molar-refractivity contribution in [3.05, 3.63) is 36.2 Å². The summed E-state index contributed by atoms with van der Waals surface area (Å²) >= 11 is 0. The quantitative estimate of drug-likeness (QED) is 0.604. The van der Waals surface area contributed by atoms with Crippen molar-refractivity contribution in [1.82, 2.24) is 20.4 Å². The summed E-state index contributed by atoms with van der Waals surface area (Å²) in [7, 11) is 1.81. The first kappa shape index (κ1) is 11.9. The number of para-hydroxylation sites is 2. The fourth-order valence-electron chi connectivity index (χ4n) is 2.16. The number of hydrogen-bond acceptors (Lipinski definition) is 6. The van der Waals surface area contributed by atoms with Crippen LogP contribution in [0, 0.1) is 0 Å². The van der Waals surface area contributed by atoms with Gasteiger partial charge in [0.25, 0.3) is 0 Å². The van der Waals surface area contributed by atoms with E-state index in [-0.39, 0.29) is 12.1 Å². The number of nitrogens with one attached hydrogen (secondary N) is 1. The number of hydrazine groups is 1. The van der Waals surface area contributed by atoms with Gasteiger partial charge in [0.2, 0.25) is 0 Å². The number of nitrogens with zero attached hydrogens (tertiary/aromatic N) is 3. The van der Waals surface area contributed by atoms with E-state index in [1.807, 2.05) is 31.3 Å². The topological polar surface area (TPSA) is 87.2 Å². The van der Waals surface area contributed by atoms with E-state index in [9.17, 15) is 0 Å². The van der Waals surface area contributed by atoms with Gasteiger partial charge in [-0.25, -0.2) is 5.43 Å². The summed E-state index contributed by atoms with van der Waals surface area (Å²) < 4.78 is 13.3. The molecule has 1 aromatic heterocycles. The number of hydrogen-bond donors (Lipinski definition) is 2. The lowest BCUT2D eigenvalue weighted by atomic mass is 10.1. The normalized spacial score (nSPS) is 19.2. The summed E-state index contributed by atoms with van der Waals surface area (Å²) in [4.78, 5) is 0. The third-order valence-electron chi connectivity index (χ3n) is 3.15. The zero-order valence-corrected chi connectivity index (χ0v) is 10.5. The second kappa shape index (κ2) is 4.87. The molecule has 0 aliphatic carbocycles. The minimum Gasteiger partial charge on any atom is -0.486 e. The molecule has 1 aliphatic heterocycles. The number of ether oxygens (including phenoxy) is 2. The van der Waals surface area contributed by atoms with Gasteiger partial charge in [-0.1, -0.05) is 17.3 Å². The third-order valence-corrected chi connectivity index (χ3v) is 3.15. The van der Waals surface area contributed by atoms with Crippen molar-refractivity contribution in [2.75, 3.05) is 6.61 Å². The number of fused-ring (bicyclic) bond motifs is 1. The van der Waals surface area contributed by atoms with Gasteiger partial charge in [-0.05, 0) is 12.1 Å². The number of aryl methyl sites for hydroxylation is 1. The van der Waals surface area contributed by atoms with E-state index in [0.29, 0.717) is 12.4 Å². The third kappa shape index (κ3) is 2.13. The lowest BCUT2D eigenvalue weighted by molar-refractivity contribution is 0.0595. The van der Waals surface area contributed by atoms with Crippen molar-refractivity contribution in [3.63, 3.8) is 0 Å². The zero-order valence-electron chi connectivity index (χ0n) is 10.5. The Hall–Kier alpha value is -2.12. The Morgan fingerprint density at radius 2 is 2.21 bits per heavy atom. The maximum Gasteiger partial charge on any atom is 0.161 e. The van der Waals surface area contributed by atoms with Crippen molar-refractivity contribution in [2.24, 2.45) is 12.9 Å². The average molecular weight is 261 g/mol. The molecule has 19 heavy (non-hydrogen) atoms. The van der Waals surface area contributed by atoms with Crippen molar-refractivity contribution in [2.45, 2.75) is 12.1 Å². The van der Waals surface area contributed by atoms with Gasteiger partial charge in [0.15, 0.2) is 17.6 Å². The van der Waals surface area contributed by atoms with Crippen LogP contribution >= 0.6 is 0 Å². The maximum absolute atomic E-state index is 5.93. The lowest BCUT2D eigenvalue weighted by Gasteiger charge is -2.31. The SMILES string of the molecule is Cn1nncc1C(NN)C1COc2ccccc2O1. The molecule has 100 valence electrons. The van der Waals surface area contributed by atoms with E-state index in [4.69, 9.17) is 15.3 Å². The highest BCUT2D eigenvalue weighted by atomic mass is 16.6. The van der Waals surface area contributed by atoms with Crippen molar-refractivity contribution in [3.8, 4) is 11.5 Å². The van der Waals surface area contributed by atoms with E-state index in [2.05, 4.69) is 15.7 Å². The molecule has 2 unspecified atom stereocenters. The molecule has 0 spiro atoms. The summed E-state index contributed by atoms with van der Waals surface area (Å²) in [6.07, 6.45) is 1.42. The highest BCUT2D eigenvalue weighted by Crippen LogP contribution is 2.33. The van der Waals surface area contributed by atoms with Crippen molar-refractivity contribution >= 4 is 0 Å². The molecule has 7 nitrogen and oxygen atoms in total. The number of nitrogens with two attached hydrogens (primary N) is 1. The maximum atomic E-state index is 5.93. The Morgan fingerprint density at radius 3 is 2.89 bits per heavy atom. The average Bonchev–Trinajstić information content (AvgIpc) is 2.86. The molecule has 2 heterocycles. The van der Waals surface area contributed by atoms with Crippen LogP contribution in [0.1, 0.15) is 11.7 Å². The molecule has 0 amide bonds. The first-order valence-electron chi connectivity index (χ1n) is 5.99. The van der Waals surface area contributed by atoms with Crippen molar-refractivity contribution in [1.29, 1.82) is 0 Å². The van der Waals surface area contributed by atoms with Crippen LogP contribution < -0.4 is 20.7 Å². The fourth-order valence-corrected chi connectivity index (χ4v) is 2.16. The van der Waals surface area contributed by atoms with Crippen LogP contribution in [0.3, 0.4) is 0 Å². The molecule has 0 fully saturated rings. The number of rotatable bonds is 3. The lowest BCUT2D eigenvalue weighted by Crippen LogP contribution is -2.45. The molecule has 7 heteroatoms. The monoisotopic (exact) mass is 261 g/mol. The molecule has 1 aliphatic rings. The predicted molar refractivity (Wildman–Crippen MR) is 67.4 cm³/mol. The van der Waals surface area contributed by atoms with Gasteiger partial charge < -0.3 is 9.47 Å². The molecule has 3 N–H and O–H groups in total. The van der Waals surface area contributed by atoms with Crippen LogP contribution in [-0.4, -0.2) is 27.7 Å². The molecule has 0 radical (unpaired) electrons. The van der Waals surface area contributed by atoms with Gasteiger partial charge in [-0.2, -0.15) is 0 Å². The summed E-state index contributed by atoms with van der Waals surface area (Å²) in [6, 6.07) is 7.32. The Labute approximate surface area is 110 Å². The summed E-state index contributed by atoms with van der Waals surface area (Å²) in [5, 5.41) is 7.75. The molecular weight excluding hydrogens is 246 g/mol. The van der Waals surface area contributed by atoms with Gasteiger partial charge >= 0.3 is 0 Å². The summed E-state index contributed by atoms with van der Waals surface area (Å²) in [5.74, 6) is 7.09. The smallest absolute Gasteiger partial charge is 0.161 e. The van der Waals surface area contributed by atoms with Gasteiger partial charge in [0.05, 0.1) is 11.9 Å². The molecule has 0 saturated carbocycles. The summed E-state index contributed by atoms with van der Waals surface area (Å²) in [5.41, 5.74) is 3.58. The highest BCUT2D eigenvalue weighted by molar-refractivity contribution is 5.41. The Balaban J connectivity index is 1.85. The van der Waals surface area contributed by atoms with E-state index in [0.717, 1.165) is 11.4 Å². The van der Waals surface area contributed by atoms with Gasteiger partial charge in [-0.15, -0.1) is 5.10 Å². The zero-order chi connectivity index (χ0) is 13.2. The van der Waals surface area contributed by atoms with Gasteiger partial charge in [0, 0.05) is 7.05 Å². The highest BCUT2D eigenvalue weighted by Gasteiger charge is 2.31. The Morgan fingerprint density at radius 1 is 1.42 bits per heavy atom. The van der Waals surface area contributed by atoms with Crippen LogP contribution in [-0.2, 0) is 7.05 Å². The number of benzene rings is 1. The minimum absolute atomic E-state index is 0.239. The first-order valence-corrected chi connectivity index (χ1v) is 5.99. The number of aromatic nitrogens is 3. The molecule has 0 saturated heterocycles. The molecule has 3 rings (SSSR count). The Bertz CT molecular complexity index is 571. The largest absolute Gasteiger partial charge is 0.486 e. The second-order valence-corrected chi connectivity index (χ2v) is 4.34. The van der Waals surface area contributed by atoms with Gasteiger partial charge in [0.1, 0.15) is 12.6 Å². The van der Waals surface area contributed by atoms with E-state index >= 15 is 0 Å². The van der Waals surface area contributed by atoms with Crippen LogP contribution in [0.2, 0.25) is 0 Å². The molecule has 2 atom stereocenters. The molecule has 1 aromatic carbocycles. The van der Waals surface area contributed by atoms with Crippen LogP contribution in [0.5, 0.6) is 11.5 Å². The molecule has 0 bridgehead atoms. The van der Waals surface area contributed by atoms with E-state index < -0.39 is 0 Å². The van der Waals surface area contributed by atoms with E-state index in [1.54, 1.807) is 10.9 Å². The molecular formula is C12H15N5O2. The summed E-state index contributed by atoms with van der Waals surface area (Å²) in [6.45, 7) is 0.414. The minimum atomic E-state index is -0.242. The standard InChI is InChI=1S/C12H15N5O2/c1-17-8(6-14-16-17)12(15-13)11-7-18-9-4-2-3-5-10(9)19-11/h2-6,11-12,15H,7,13H2,1H3. The van der Waals surface area contributed by atoms with Crippen molar-refractivity contribution < 1.29 is 9.47 Å². The predicted octanol–water partition coefficient (Wildman–Crippen LogP) is 0.159. The van der Waals surface area contributed by atoms with Crippen LogP contribution in [0.25, 0.3) is 0 Å². The van der Waals surface area contributed by atoms with Gasteiger partial charge in [-0.3, -0.25) is 10.5 Å². The second-order valence-electron chi connectivity index (χ2n) is 4.34. The van der Waals surface area contributed by atoms with Crippen LogP contribution in [0.15, 0.2) is 30.5 Å². The fraction of sp³-hybridized carbons (Fsp3) is 0.333. The Kier molecular flexibility index (Phi) is 3.06. The van der Waals surface area contributed by atoms with E-state index in [1.165, 1.54) is 0 Å². The molecule has 2 aromatic rings. The first-order chi connectivity index (χ1) is 9.29.